The molecule has 0 aliphatic carbocycles. The van der Waals surface area contributed by atoms with Crippen LogP contribution in [0.25, 0.3) is 10.7 Å². The lowest BCUT2D eigenvalue weighted by Crippen LogP contribution is -2.45. The van der Waals surface area contributed by atoms with E-state index in [1.165, 1.54) is 24.3 Å². The van der Waals surface area contributed by atoms with E-state index in [0.717, 1.165) is 16.2 Å². The van der Waals surface area contributed by atoms with Crippen LogP contribution < -0.4 is 5.14 Å². The van der Waals surface area contributed by atoms with E-state index in [4.69, 9.17) is 9.66 Å². The van der Waals surface area contributed by atoms with E-state index in [-0.39, 0.29) is 16.8 Å². The van der Waals surface area contributed by atoms with E-state index >= 15 is 0 Å². The molecule has 8 nitrogen and oxygen atoms in total. The minimum atomic E-state index is -3.79. The first kappa shape index (κ1) is 17.8. The summed E-state index contributed by atoms with van der Waals surface area (Å²) in [5.74, 6) is 0.690. The minimum Gasteiger partial charge on any atom is -0.337 e. The summed E-state index contributed by atoms with van der Waals surface area (Å²) in [7, 11) is -3.79. The van der Waals surface area contributed by atoms with Gasteiger partial charge >= 0.3 is 0 Å². The average Bonchev–Trinajstić information content (AvgIpc) is 3.22. The smallest absolute Gasteiger partial charge is 0.254 e. The Kier molecular flexibility index (Phi) is 4.33. The molecule has 2 aromatic heterocycles. The van der Waals surface area contributed by atoms with Crippen LogP contribution in [0.15, 0.2) is 45.8 Å². The summed E-state index contributed by atoms with van der Waals surface area (Å²) in [4.78, 5) is 20.8. The Morgan fingerprint density at radius 1 is 1.26 bits per heavy atom. The topological polar surface area (TPSA) is 119 Å². The van der Waals surface area contributed by atoms with Crippen molar-refractivity contribution in [1.29, 1.82) is 0 Å². The van der Waals surface area contributed by atoms with Crippen LogP contribution in [0.2, 0.25) is 0 Å². The van der Waals surface area contributed by atoms with Crippen molar-refractivity contribution in [3.8, 4) is 10.7 Å². The lowest BCUT2D eigenvalue weighted by atomic mass is 10.0. The van der Waals surface area contributed by atoms with Crippen molar-refractivity contribution in [1.82, 2.24) is 15.0 Å². The Morgan fingerprint density at radius 3 is 2.56 bits per heavy atom. The number of likely N-dealkylation sites (tertiary alicyclic amines) is 1. The summed E-state index contributed by atoms with van der Waals surface area (Å²) in [6, 6.07) is 9.18. The van der Waals surface area contributed by atoms with E-state index in [1.807, 2.05) is 19.1 Å². The van der Waals surface area contributed by atoms with Crippen LogP contribution in [0.4, 0.5) is 0 Å². The number of carbonyl (C=O) groups is 1. The maximum atomic E-state index is 12.7. The van der Waals surface area contributed by atoms with Crippen molar-refractivity contribution in [2.45, 2.75) is 24.3 Å². The predicted molar refractivity (Wildman–Crippen MR) is 98.6 cm³/mol. The quantitative estimate of drug-likeness (QED) is 0.713. The number of hydrogen-bond donors (Lipinski definition) is 1. The van der Waals surface area contributed by atoms with E-state index in [2.05, 4.69) is 10.1 Å². The fourth-order valence-corrected chi connectivity index (χ4v) is 4.17. The van der Waals surface area contributed by atoms with Gasteiger partial charge in [-0.05, 0) is 49.7 Å². The Labute approximate surface area is 159 Å². The number of sulfonamides is 1. The molecule has 2 N–H and O–H groups in total. The Hall–Kier alpha value is -2.56. The van der Waals surface area contributed by atoms with Crippen molar-refractivity contribution in [3.63, 3.8) is 0 Å². The molecule has 3 aromatic rings. The molecule has 1 unspecified atom stereocenters. The first-order valence-electron chi connectivity index (χ1n) is 8.17. The van der Waals surface area contributed by atoms with Gasteiger partial charge in [-0.25, -0.2) is 13.6 Å². The highest BCUT2D eigenvalue weighted by molar-refractivity contribution is 7.89. The highest BCUT2D eigenvalue weighted by Crippen LogP contribution is 2.35. The second-order valence-electron chi connectivity index (χ2n) is 6.24. The van der Waals surface area contributed by atoms with Crippen molar-refractivity contribution in [2.75, 3.05) is 6.54 Å². The van der Waals surface area contributed by atoms with Gasteiger partial charge in [-0.3, -0.25) is 4.79 Å². The molecule has 10 heteroatoms. The number of nitrogens with zero attached hydrogens (tertiary/aromatic N) is 3. The molecular formula is C17H16N4O4S2. The van der Waals surface area contributed by atoms with Gasteiger partial charge in [-0.1, -0.05) is 5.16 Å². The molecule has 1 amide bonds. The monoisotopic (exact) mass is 404 g/mol. The lowest BCUT2D eigenvalue weighted by Gasteiger charge is -2.38. The molecule has 3 heterocycles. The van der Waals surface area contributed by atoms with E-state index in [9.17, 15) is 13.2 Å². The largest absolute Gasteiger partial charge is 0.337 e. The van der Waals surface area contributed by atoms with E-state index < -0.39 is 10.0 Å². The third kappa shape index (κ3) is 3.38. The average molecular weight is 404 g/mol. The molecule has 27 heavy (non-hydrogen) atoms. The van der Waals surface area contributed by atoms with Crippen LogP contribution >= 0.6 is 11.3 Å². The molecular weight excluding hydrogens is 388 g/mol. The van der Waals surface area contributed by atoms with Gasteiger partial charge in [0.25, 0.3) is 5.91 Å². The number of amides is 1. The zero-order valence-electron chi connectivity index (χ0n) is 14.3. The first-order chi connectivity index (χ1) is 12.8. The summed E-state index contributed by atoms with van der Waals surface area (Å²) in [6.07, 6.45) is 0.728. The van der Waals surface area contributed by atoms with Crippen LogP contribution in [-0.4, -0.2) is 35.9 Å². The van der Waals surface area contributed by atoms with Gasteiger partial charge in [0.2, 0.25) is 21.7 Å². The molecule has 140 valence electrons. The number of rotatable bonds is 4. The number of nitrogens with two attached hydrogens (primary N) is 1. The number of thiophene rings is 1. The second-order valence-corrected chi connectivity index (χ2v) is 9.09. The van der Waals surface area contributed by atoms with Gasteiger partial charge in [0, 0.05) is 17.0 Å². The molecule has 1 atom stereocenters. The third-order valence-electron chi connectivity index (χ3n) is 4.40. The maximum Gasteiger partial charge on any atom is 0.254 e. The summed E-state index contributed by atoms with van der Waals surface area (Å²) in [6.45, 7) is 2.57. The predicted octanol–water partition coefficient (Wildman–Crippen LogP) is 2.34. The molecule has 0 saturated carbocycles. The zero-order chi connectivity index (χ0) is 19.2. The number of benzene rings is 1. The standard InChI is InChI=1S/C17H16N4O4S2/c1-10-2-7-14(26-10)15-19-16(25-20-15)13-8-9-21(13)17(22)11-3-5-12(6-4-11)27(18,23)24/h2-7,13H,8-9H2,1H3,(H2,18,23,24). The van der Waals surface area contributed by atoms with Crippen molar-refractivity contribution >= 4 is 27.3 Å². The fourth-order valence-electron chi connectivity index (χ4n) is 2.87. The SMILES string of the molecule is Cc1ccc(-c2noc(C3CCN3C(=O)c3ccc(S(N)(=O)=O)cc3)n2)s1. The van der Waals surface area contributed by atoms with Gasteiger partial charge < -0.3 is 9.42 Å². The van der Waals surface area contributed by atoms with E-state index in [0.29, 0.717) is 23.8 Å². The third-order valence-corrected chi connectivity index (χ3v) is 6.32. The molecule has 4 rings (SSSR count). The molecule has 1 aromatic carbocycles. The number of aromatic nitrogens is 2. The maximum absolute atomic E-state index is 12.7. The molecule has 1 saturated heterocycles. The van der Waals surface area contributed by atoms with Crippen LogP contribution in [0.5, 0.6) is 0 Å². The van der Waals surface area contributed by atoms with Crippen LogP contribution in [0, 0.1) is 6.92 Å². The lowest BCUT2D eigenvalue weighted by molar-refractivity contribution is 0.0378. The second kappa shape index (κ2) is 6.55. The fraction of sp³-hybridized carbons (Fsp3) is 0.235. The Balaban J connectivity index is 1.52. The van der Waals surface area contributed by atoms with Gasteiger partial charge in [0.1, 0.15) is 6.04 Å². The highest BCUT2D eigenvalue weighted by Gasteiger charge is 2.38. The molecule has 0 bridgehead atoms. The Bertz CT molecular complexity index is 1100. The zero-order valence-corrected chi connectivity index (χ0v) is 16.0. The van der Waals surface area contributed by atoms with Gasteiger partial charge in [-0.2, -0.15) is 4.98 Å². The van der Waals surface area contributed by atoms with Crippen molar-refractivity contribution < 1.29 is 17.7 Å². The number of carbonyl (C=O) groups excluding carboxylic acids is 1. The van der Waals surface area contributed by atoms with Crippen LogP contribution in [-0.2, 0) is 10.0 Å². The molecule has 1 aliphatic rings. The summed E-state index contributed by atoms with van der Waals surface area (Å²) in [5.41, 5.74) is 0.376. The number of primary sulfonamides is 1. The number of hydrogen-bond acceptors (Lipinski definition) is 7. The summed E-state index contributed by atoms with van der Waals surface area (Å²) >= 11 is 1.57. The van der Waals surface area contributed by atoms with E-state index in [1.54, 1.807) is 16.2 Å². The molecule has 0 radical (unpaired) electrons. The summed E-state index contributed by atoms with van der Waals surface area (Å²) in [5, 5.41) is 9.09. The summed E-state index contributed by atoms with van der Waals surface area (Å²) < 4.78 is 28.0. The molecule has 0 spiro atoms. The van der Waals surface area contributed by atoms with Crippen molar-refractivity contribution in [2.24, 2.45) is 5.14 Å². The first-order valence-corrected chi connectivity index (χ1v) is 10.5. The van der Waals surface area contributed by atoms with Crippen LogP contribution in [0.3, 0.4) is 0 Å². The normalized spacial score (nSPS) is 17.0. The highest BCUT2D eigenvalue weighted by atomic mass is 32.2. The van der Waals surface area contributed by atoms with Crippen LogP contribution in [0.1, 0.15) is 33.6 Å². The minimum absolute atomic E-state index is 0.0352. The Morgan fingerprint density at radius 2 is 2.00 bits per heavy atom. The van der Waals surface area contributed by atoms with Gasteiger partial charge in [0.05, 0.1) is 9.77 Å². The van der Waals surface area contributed by atoms with Gasteiger partial charge in [0.15, 0.2) is 0 Å². The molecule has 1 aliphatic heterocycles. The molecule has 1 fully saturated rings. The van der Waals surface area contributed by atoms with Crippen molar-refractivity contribution in [3.05, 3.63) is 52.7 Å². The van der Waals surface area contributed by atoms with Gasteiger partial charge in [-0.15, -0.1) is 11.3 Å². The number of aryl methyl sites for hydroxylation is 1.